The Hall–Kier alpha value is -0.780. The third kappa shape index (κ3) is 8.29. The number of rotatable bonds is 0. The third-order valence-corrected chi connectivity index (χ3v) is 3.18. The van der Waals surface area contributed by atoms with Crippen molar-refractivity contribution in [3.63, 3.8) is 0 Å². The molecular weight excluding hydrogens is 358 g/mol. The van der Waals surface area contributed by atoms with E-state index in [1.54, 1.807) is 4.90 Å². The Bertz CT molecular complexity index is 439. The topological polar surface area (TPSA) is 38.8 Å². The van der Waals surface area contributed by atoms with E-state index in [1.807, 2.05) is 45.0 Å². The lowest BCUT2D eigenvalue weighted by atomic mass is 10.2. The highest BCUT2D eigenvalue weighted by molar-refractivity contribution is 9.10. The fourth-order valence-electron chi connectivity index (χ4n) is 1.53. The molecule has 0 atom stereocenters. The van der Waals surface area contributed by atoms with Gasteiger partial charge in [-0.2, -0.15) is 0 Å². The highest BCUT2D eigenvalue weighted by Crippen LogP contribution is 2.14. The monoisotopic (exact) mass is 377 g/mol. The van der Waals surface area contributed by atoms with Crippen LogP contribution in [0.15, 0.2) is 28.7 Å². The fourth-order valence-corrected chi connectivity index (χ4v) is 2.25. The van der Waals surface area contributed by atoms with Gasteiger partial charge in [0.25, 0.3) is 0 Å². The summed E-state index contributed by atoms with van der Waals surface area (Å²) in [5.41, 5.74) is -0.407. The van der Waals surface area contributed by atoms with Crippen molar-refractivity contribution in [3.8, 4) is 0 Å². The second kappa shape index (κ2) is 8.61. The SMILES string of the molecule is CC(C)(C)OC(=O)N1CCOCC1.Clc1cccc(Br)c1. The van der Waals surface area contributed by atoms with E-state index < -0.39 is 5.60 Å². The smallest absolute Gasteiger partial charge is 0.410 e. The molecule has 1 aliphatic rings. The van der Waals surface area contributed by atoms with Crippen molar-refractivity contribution in [1.29, 1.82) is 0 Å². The Balaban J connectivity index is 0.000000235. The Labute approximate surface area is 139 Å². The second-order valence-electron chi connectivity index (χ2n) is 5.52. The van der Waals surface area contributed by atoms with Crippen molar-refractivity contribution in [2.75, 3.05) is 26.3 Å². The first-order valence-electron chi connectivity index (χ1n) is 6.75. The van der Waals surface area contributed by atoms with Gasteiger partial charge in [0.1, 0.15) is 5.60 Å². The van der Waals surface area contributed by atoms with Gasteiger partial charge in [-0.3, -0.25) is 0 Å². The minimum absolute atomic E-state index is 0.240. The van der Waals surface area contributed by atoms with Crippen LogP contribution in [-0.2, 0) is 9.47 Å². The van der Waals surface area contributed by atoms with E-state index in [9.17, 15) is 4.79 Å². The van der Waals surface area contributed by atoms with Gasteiger partial charge >= 0.3 is 6.09 Å². The largest absolute Gasteiger partial charge is 0.444 e. The summed E-state index contributed by atoms with van der Waals surface area (Å²) in [4.78, 5) is 13.1. The number of ether oxygens (including phenoxy) is 2. The van der Waals surface area contributed by atoms with Crippen LogP contribution in [0.4, 0.5) is 4.79 Å². The number of hydrogen-bond acceptors (Lipinski definition) is 3. The maximum Gasteiger partial charge on any atom is 0.410 e. The van der Waals surface area contributed by atoms with E-state index >= 15 is 0 Å². The van der Waals surface area contributed by atoms with Gasteiger partial charge in [0.05, 0.1) is 13.2 Å². The first-order valence-corrected chi connectivity index (χ1v) is 7.92. The van der Waals surface area contributed by atoms with Crippen LogP contribution in [0, 0.1) is 0 Å². The molecule has 1 aromatic carbocycles. The summed E-state index contributed by atoms with van der Waals surface area (Å²) in [5, 5.41) is 0.763. The first-order chi connectivity index (χ1) is 9.78. The number of hydrogen-bond donors (Lipinski definition) is 0. The summed E-state index contributed by atoms with van der Waals surface area (Å²) in [6.45, 7) is 8.09. The zero-order chi connectivity index (χ0) is 15.9. The number of carbonyl (C=O) groups is 1. The molecule has 1 aliphatic heterocycles. The van der Waals surface area contributed by atoms with E-state index in [2.05, 4.69) is 15.9 Å². The minimum Gasteiger partial charge on any atom is -0.444 e. The number of nitrogens with zero attached hydrogens (tertiary/aromatic N) is 1. The normalized spacial score (nSPS) is 15.0. The summed E-state index contributed by atoms with van der Waals surface area (Å²) in [7, 11) is 0. The molecule has 118 valence electrons. The Morgan fingerprint density at radius 3 is 2.38 bits per heavy atom. The Kier molecular flexibility index (Phi) is 7.49. The van der Waals surface area contributed by atoms with Crippen LogP contribution in [-0.4, -0.2) is 42.9 Å². The third-order valence-electron chi connectivity index (χ3n) is 2.45. The number of halogens is 2. The van der Waals surface area contributed by atoms with Crippen molar-refractivity contribution in [1.82, 2.24) is 4.90 Å². The molecule has 0 unspecified atom stereocenters. The molecule has 1 saturated heterocycles. The molecule has 6 heteroatoms. The number of amides is 1. The zero-order valence-electron chi connectivity index (χ0n) is 12.6. The van der Waals surface area contributed by atoms with E-state index in [-0.39, 0.29) is 6.09 Å². The predicted octanol–water partition coefficient (Wildman–Crippen LogP) is 4.36. The molecule has 1 aromatic rings. The van der Waals surface area contributed by atoms with Crippen molar-refractivity contribution >= 4 is 33.6 Å². The zero-order valence-corrected chi connectivity index (χ0v) is 14.9. The van der Waals surface area contributed by atoms with E-state index in [4.69, 9.17) is 21.1 Å². The molecule has 1 heterocycles. The predicted molar refractivity (Wildman–Crippen MR) is 87.8 cm³/mol. The summed E-state index contributed by atoms with van der Waals surface area (Å²) in [6.07, 6.45) is -0.240. The molecule has 21 heavy (non-hydrogen) atoms. The van der Waals surface area contributed by atoms with Crippen LogP contribution in [0.25, 0.3) is 0 Å². The maximum atomic E-state index is 11.5. The van der Waals surface area contributed by atoms with Gasteiger partial charge in [0.15, 0.2) is 0 Å². The second-order valence-corrected chi connectivity index (χ2v) is 6.87. The molecule has 2 rings (SSSR count). The standard InChI is InChI=1S/C9H17NO3.C6H4BrCl/c1-9(2,3)13-8(11)10-4-6-12-7-5-10;7-5-2-1-3-6(8)4-5/h4-7H2,1-3H3;1-4H. The van der Waals surface area contributed by atoms with Gasteiger partial charge in [-0.1, -0.05) is 33.6 Å². The van der Waals surface area contributed by atoms with Gasteiger partial charge in [-0.05, 0) is 39.0 Å². The molecule has 0 aromatic heterocycles. The van der Waals surface area contributed by atoms with Gasteiger partial charge in [0, 0.05) is 22.6 Å². The summed E-state index contributed by atoms with van der Waals surface area (Å²) < 4.78 is 11.4. The number of morpholine rings is 1. The van der Waals surface area contributed by atoms with E-state index in [0.29, 0.717) is 26.3 Å². The lowest BCUT2D eigenvalue weighted by Crippen LogP contribution is -2.43. The molecular formula is C15H21BrClNO3. The molecule has 1 amide bonds. The summed E-state index contributed by atoms with van der Waals surface area (Å²) in [5.74, 6) is 0. The minimum atomic E-state index is -0.407. The number of carbonyl (C=O) groups excluding carboxylic acids is 1. The molecule has 0 radical (unpaired) electrons. The van der Waals surface area contributed by atoms with Crippen LogP contribution < -0.4 is 0 Å². The molecule has 0 bridgehead atoms. The molecule has 0 aliphatic carbocycles. The van der Waals surface area contributed by atoms with Crippen LogP contribution in [0.2, 0.25) is 5.02 Å². The highest BCUT2D eigenvalue weighted by Gasteiger charge is 2.23. The molecule has 0 spiro atoms. The van der Waals surface area contributed by atoms with Crippen LogP contribution in [0.5, 0.6) is 0 Å². The fraction of sp³-hybridized carbons (Fsp3) is 0.533. The average Bonchev–Trinajstić information content (AvgIpc) is 2.38. The maximum absolute atomic E-state index is 11.5. The van der Waals surface area contributed by atoms with Crippen molar-refractivity contribution in [2.45, 2.75) is 26.4 Å². The Morgan fingerprint density at radius 1 is 1.33 bits per heavy atom. The van der Waals surface area contributed by atoms with Crippen LogP contribution >= 0.6 is 27.5 Å². The molecule has 0 N–H and O–H groups in total. The van der Waals surface area contributed by atoms with Crippen LogP contribution in [0.1, 0.15) is 20.8 Å². The van der Waals surface area contributed by atoms with E-state index in [1.165, 1.54) is 0 Å². The van der Waals surface area contributed by atoms with Crippen LogP contribution in [0.3, 0.4) is 0 Å². The van der Waals surface area contributed by atoms with Crippen molar-refractivity contribution < 1.29 is 14.3 Å². The highest BCUT2D eigenvalue weighted by atomic mass is 79.9. The molecule has 0 saturated carbocycles. The quantitative estimate of drug-likeness (QED) is 0.673. The Morgan fingerprint density at radius 2 is 1.95 bits per heavy atom. The van der Waals surface area contributed by atoms with E-state index in [0.717, 1.165) is 9.50 Å². The summed E-state index contributed by atoms with van der Waals surface area (Å²) >= 11 is 8.89. The van der Waals surface area contributed by atoms with Crippen molar-refractivity contribution in [2.24, 2.45) is 0 Å². The van der Waals surface area contributed by atoms with Gasteiger partial charge in [-0.25, -0.2) is 4.79 Å². The van der Waals surface area contributed by atoms with Gasteiger partial charge in [-0.15, -0.1) is 0 Å². The molecule has 4 nitrogen and oxygen atoms in total. The average molecular weight is 379 g/mol. The molecule has 1 fully saturated rings. The lowest BCUT2D eigenvalue weighted by molar-refractivity contribution is -0.00677. The first kappa shape index (κ1) is 18.3. The van der Waals surface area contributed by atoms with Gasteiger partial charge < -0.3 is 14.4 Å². The lowest BCUT2D eigenvalue weighted by Gasteiger charge is -2.29. The van der Waals surface area contributed by atoms with Gasteiger partial charge in [0.2, 0.25) is 0 Å². The van der Waals surface area contributed by atoms with Crippen molar-refractivity contribution in [3.05, 3.63) is 33.8 Å². The number of benzene rings is 1. The summed E-state index contributed by atoms with van der Waals surface area (Å²) in [6, 6.07) is 7.52.